The van der Waals surface area contributed by atoms with E-state index < -0.39 is 5.82 Å². The number of halogens is 1. The second kappa shape index (κ2) is 5.81. The van der Waals surface area contributed by atoms with Crippen LogP contribution in [0.1, 0.15) is 11.1 Å². The van der Waals surface area contributed by atoms with Crippen molar-refractivity contribution in [3.8, 4) is 11.5 Å². The molecule has 4 rings (SSSR count). The highest BCUT2D eigenvalue weighted by molar-refractivity contribution is 6.19. The second-order valence-electron chi connectivity index (χ2n) is 5.33. The van der Waals surface area contributed by atoms with Crippen LogP contribution in [0.2, 0.25) is 0 Å². The zero-order chi connectivity index (χ0) is 16.5. The Morgan fingerprint density at radius 3 is 2.71 bits per heavy atom. The summed E-state index contributed by atoms with van der Waals surface area (Å²) in [7, 11) is 0. The van der Waals surface area contributed by atoms with Crippen LogP contribution < -0.4 is 14.8 Å². The van der Waals surface area contributed by atoms with Crippen molar-refractivity contribution < 1.29 is 18.7 Å². The van der Waals surface area contributed by atoms with Crippen LogP contribution in [0.3, 0.4) is 0 Å². The van der Waals surface area contributed by atoms with Gasteiger partial charge < -0.3 is 14.8 Å². The Balaban J connectivity index is 1.67. The summed E-state index contributed by atoms with van der Waals surface area (Å²) in [4.78, 5) is 16.3. The first-order valence-corrected chi connectivity index (χ1v) is 7.47. The van der Waals surface area contributed by atoms with Gasteiger partial charge in [0.05, 0.1) is 5.56 Å². The van der Waals surface area contributed by atoms with Crippen molar-refractivity contribution in [3.63, 3.8) is 0 Å². The summed E-state index contributed by atoms with van der Waals surface area (Å²) in [5.74, 6) is 0.712. The van der Waals surface area contributed by atoms with Crippen LogP contribution in [0.5, 0.6) is 11.5 Å². The number of rotatable bonds is 2. The van der Waals surface area contributed by atoms with Crippen molar-refractivity contribution in [3.05, 3.63) is 65.1 Å². The molecule has 0 fully saturated rings. The fourth-order valence-electron chi connectivity index (χ4n) is 2.56. The molecule has 0 radical (unpaired) electrons. The molecule has 0 saturated carbocycles. The normalized spacial score (nSPS) is 17.6. The molecule has 2 aliphatic heterocycles. The Hall–Kier alpha value is -3.15. The number of nitrogens with zero attached hydrogens (tertiary/aromatic N) is 1. The number of aliphatic imine (C=N–C) groups is 1. The zero-order valence-electron chi connectivity index (χ0n) is 12.6. The third kappa shape index (κ3) is 2.62. The molecule has 2 heterocycles. The number of benzene rings is 2. The quantitative estimate of drug-likeness (QED) is 0.864. The number of carbonyl (C=O) groups excluding carboxylic acids is 1. The molecule has 0 unspecified atom stereocenters. The molecule has 0 atom stereocenters. The molecule has 5 nitrogen and oxygen atoms in total. The van der Waals surface area contributed by atoms with Crippen LogP contribution in [-0.2, 0) is 4.79 Å². The van der Waals surface area contributed by atoms with Crippen molar-refractivity contribution >= 4 is 17.8 Å². The first-order chi connectivity index (χ1) is 11.7. The SMILES string of the molecule is O=C1NC(c2ccccc2F)=N/C1=C/c1ccc2c(c1)OCCO2. The number of ether oxygens (including phenoxy) is 2. The summed E-state index contributed by atoms with van der Waals surface area (Å²) in [5.41, 5.74) is 1.23. The van der Waals surface area contributed by atoms with Crippen molar-refractivity contribution in [1.82, 2.24) is 5.32 Å². The minimum atomic E-state index is -0.433. The molecular weight excluding hydrogens is 311 g/mol. The van der Waals surface area contributed by atoms with Gasteiger partial charge >= 0.3 is 0 Å². The van der Waals surface area contributed by atoms with E-state index in [0.717, 1.165) is 5.56 Å². The molecule has 0 bridgehead atoms. The molecule has 2 aromatic rings. The van der Waals surface area contributed by atoms with E-state index in [-0.39, 0.29) is 23.0 Å². The molecule has 120 valence electrons. The standard InChI is InChI=1S/C18H13FN2O3/c19-13-4-2-1-3-12(13)17-20-14(18(22)21-17)9-11-5-6-15-16(10-11)24-8-7-23-15/h1-6,9-10H,7-8H2,(H,20,21,22)/b14-9+. The maximum atomic E-state index is 13.8. The topological polar surface area (TPSA) is 59.9 Å². The predicted molar refractivity (Wildman–Crippen MR) is 86.5 cm³/mol. The third-order valence-corrected chi connectivity index (χ3v) is 3.70. The summed E-state index contributed by atoms with van der Waals surface area (Å²) in [6.07, 6.45) is 1.63. The van der Waals surface area contributed by atoms with Gasteiger partial charge in [-0.05, 0) is 35.9 Å². The molecule has 1 amide bonds. The lowest BCUT2D eigenvalue weighted by Gasteiger charge is -2.18. The number of amidine groups is 1. The van der Waals surface area contributed by atoms with Crippen LogP contribution in [-0.4, -0.2) is 25.0 Å². The minimum absolute atomic E-state index is 0.210. The maximum Gasteiger partial charge on any atom is 0.275 e. The average Bonchev–Trinajstić information content (AvgIpc) is 2.96. The van der Waals surface area contributed by atoms with Gasteiger partial charge in [-0.15, -0.1) is 0 Å². The maximum absolute atomic E-state index is 13.8. The molecule has 0 aliphatic carbocycles. The average molecular weight is 324 g/mol. The van der Waals surface area contributed by atoms with Crippen LogP contribution in [0.25, 0.3) is 6.08 Å². The fraction of sp³-hybridized carbons (Fsp3) is 0.111. The van der Waals surface area contributed by atoms with Gasteiger partial charge in [0.15, 0.2) is 11.5 Å². The molecule has 24 heavy (non-hydrogen) atoms. The van der Waals surface area contributed by atoms with E-state index in [2.05, 4.69) is 10.3 Å². The number of fused-ring (bicyclic) bond motifs is 1. The first kappa shape index (κ1) is 14.4. The fourth-order valence-corrected chi connectivity index (χ4v) is 2.56. The van der Waals surface area contributed by atoms with Crippen LogP contribution in [0.4, 0.5) is 4.39 Å². The summed E-state index contributed by atoms with van der Waals surface area (Å²) in [5, 5.41) is 2.59. The van der Waals surface area contributed by atoms with Crippen molar-refractivity contribution in [2.45, 2.75) is 0 Å². The molecular formula is C18H13FN2O3. The minimum Gasteiger partial charge on any atom is -0.486 e. The largest absolute Gasteiger partial charge is 0.486 e. The molecule has 0 spiro atoms. The van der Waals surface area contributed by atoms with Crippen molar-refractivity contribution in [2.75, 3.05) is 13.2 Å². The van der Waals surface area contributed by atoms with Gasteiger partial charge in [0.1, 0.15) is 30.6 Å². The number of carbonyl (C=O) groups is 1. The molecule has 2 aliphatic rings. The third-order valence-electron chi connectivity index (χ3n) is 3.70. The van der Waals surface area contributed by atoms with E-state index in [1.54, 1.807) is 36.4 Å². The number of amides is 1. The molecule has 2 aromatic carbocycles. The monoisotopic (exact) mass is 324 g/mol. The highest BCUT2D eigenvalue weighted by atomic mass is 19.1. The Bertz CT molecular complexity index is 890. The van der Waals surface area contributed by atoms with Gasteiger partial charge in [0, 0.05) is 0 Å². The molecule has 6 heteroatoms. The Labute approximate surface area is 137 Å². The van der Waals surface area contributed by atoms with Crippen LogP contribution >= 0.6 is 0 Å². The molecule has 1 N–H and O–H groups in total. The lowest BCUT2D eigenvalue weighted by Crippen LogP contribution is -2.25. The zero-order valence-corrected chi connectivity index (χ0v) is 12.6. The van der Waals surface area contributed by atoms with Crippen LogP contribution in [0.15, 0.2) is 53.2 Å². The van der Waals surface area contributed by atoms with E-state index in [9.17, 15) is 9.18 Å². The second-order valence-corrected chi connectivity index (χ2v) is 5.33. The van der Waals surface area contributed by atoms with Gasteiger partial charge in [0.2, 0.25) is 0 Å². The van der Waals surface area contributed by atoms with Gasteiger partial charge in [-0.2, -0.15) is 0 Å². The molecule has 0 saturated heterocycles. The van der Waals surface area contributed by atoms with Crippen molar-refractivity contribution in [1.29, 1.82) is 0 Å². The highest BCUT2D eigenvalue weighted by Gasteiger charge is 2.23. The van der Waals surface area contributed by atoms with E-state index in [1.165, 1.54) is 6.07 Å². The summed E-state index contributed by atoms with van der Waals surface area (Å²) in [6.45, 7) is 1.01. The Kier molecular flexibility index (Phi) is 3.49. The summed E-state index contributed by atoms with van der Waals surface area (Å²) in [6, 6.07) is 11.6. The van der Waals surface area contributed by atoms with E-state index in [4.69, 9.17) is 9.47 Å². The predicted octanol–water partition coefficient (Wildman–Crippen LogP) is 2.51. The summed E-state index contributed by atoms with van der Waals surface area (Å²) >= 11 is 0. The smallest absolute Gasteiger partial charge is 0.275 e. The Morgan fingerprint density at radius 2 is 1.88 bits per heavy atom. The van der Waals surface area contributed by atoms with Gasteiger partial charge in [-0.3, -0.25) is 4.79 Å². The van der Waals surface area contributed by atoms with Gasteiger partial charge in [0.25, 0.3) is 5.91 Å². The lowest BCUT2D eigenvalue weighted by atomic mass is 10.1. The number of nitrogens with one attached hydrogen (secondary N) is 1. The summed E-state index contributed by atoms with van der Waals surface area (Å²) < 4.78 is 24.8. The van der Waals surface area contributed by atoms with E-state index >= 15 is 0 Å². The van der Waals surface area contributed by atoms with Gasteiger partial charge in [-0.25, -0.2) is 9.38 Å². The Morgan fingerprint density at radius 1 is 1.08 bits per heavy atom. The first-order valence-electron chi connectivity index (χ1n) is 7.47. The number of hydrogen-bond donors (Lipinski definition) is 1. The number of hydrogen-bond acceptors (Lipinski definition) is 4. The lowest BCUT2D eigenvalue weighted by molar-refractivity contribution is -0.115. The molecule has 0 aromatic heterocycles. The van der Waals surface area contributed by atoms with Crippen LogP contribution in [0, 0.1) is 5.82 Å². The van der Waals surface area contributed by atoms with Crippen molar-refractivity contribution in [2.24, 2.45) is 4.99 Å². The highest BCUT2D eigenvalue weighted by Crippen LogP contribution is 2.31. The van der Waals surface area contributed by atoms with E-state index in [1.807, 2.05) is 6.07 Å². The van der Waals surface area contributed by atoms with Gasteiger partial charge in [-0.1, -0.05) is 18.2 Å². The van der Waals surface area contributed by atoms with E-state index in [0.29, 0.717) is 24.7 Å².